The summed E-state index contributed by atoms with van der Waals surface area (Å²) in [5.41, 5.74) is 3.92. The molecule has 0 aliphatic rings. The van der Waals surface area contributed by atoms with Crippen LogP contribution in [0.2, 0.25) is 0 Å². The molecule has 0 radical (unpaired) electrons. The first-order valence-corrected chi connectivity index (χ1v) is 7.03. The predicted molar refractivity (Wildman–Crippen MR) is 80.2 cm³/mol. The number of hydrogen-bond acceptors (Lipinski definition) is 2. The number of pyridine rings is 1. The molecule has 0 aliphatic carbocycles. The molecule has 0 amide bonds. The summed E-state index contributed by atoms with van der Waals surface area (Å²) in [4.78, 5) is 4.24. The lowest BCUT2D eigenvalue weighted by atomic mass is 9.97. The van der Waals surface area contributed by atoms with Gasteiger partial charge in [0.05, 0.1) is 6.04 Å². The van der Waals surface area contributed by atoms with Gasteiger partial charge in [-0.2, -0.15) is 0 Å². The molecule has 1 N–H and O–H groups in total. The second-order valence-corrected chi connectivity index (χ2v) is 5.13. The Morgan fingerprint density at radius 2 is 1.90 bits per heavy atom. The fourth-order valence-corrected chi connectivity index (χ4v) is 2.31. The van der Waals surface area contributed by atoms with Crippen molar-refractivity contribution in [1.29, 1.82) is 0 Å². The van der Waals surface area contributed by atoms with Crippen LogP contribution in [0.1, 0.15) is 41.8 Å². The number of aryl methyl sites for hydroxylation is 2. The summed E-state index contributed by atoms with van der Waals surface area (Å²) in [5, 5.41) is 3.53. The predicted octanol–water partition coefficient (Wildman–Crippen LogP) is 3.93. The second-order valence-electron chi connectivity index (χ2n) is 5.13. The quantitative estimate of drug-likeness (QED) is 0.892. The number of rotatable bonds is 5. The maximum absolute atomic E-state index is 13.5. The van der Waals surface area contributed by atoms with Crippen molar-refractivity contribution in [2.24, 2.45) is 0 Å². The van der Waals surface area contributed by atoms with Gasteiger partial charge in [0.25, 0.3) is 0 Å². The molecule has 2 aromatic rings. The van der Waals surface area contributed by atoms with Crippen molar-refractivity contribution < 1.29 is 4.39 Å². The van der Waals surface area contributed by atoms with Gasteiger partial charge in [0, 0.05) is 11.9 Å². The largest absolute Gasteiger partial charge is 0.306 e. The molecular formula is C17H21FN2. The normalized spacial score (nSPS) is 12.4. The number of benzene rings is 1. The van der Waals surface area contributed by atoms with Crippen molar-refractivity contribution in [3.05, 3.63) is 64.7 Å². The lowest BCUT2D eigenvalue weighted by molar-refractivity contribution is 0.589. The van der Waals surface area contributed by atoms with E-state index in [0.29, 0.717) is 5.56 Å². The van der Waals surface area contributed by atoms with E-state index in [0.717, 1.165) is 29.8 Å². The number of halogens is 1. The molecule has 3 heteroatoms. The zero-order valence-corrected chi connectivity index (χ0v) is 12.3. The molecule has 0 spiro atoms. The van der Waals surface area contributed by atoms with Crippen LogP contribution in [0, 0.1) is 19.7 Å². The Morgan fingerprint density at radius 3 is 2.55 bits per heavy atom. The molecule has 2 rings (SSSR count). The lowest BCUT2D eigenvalue weighted by Crippen LogP contribution is -2.23. The van der Waals surface area contributed by atoms with Gasteiger partial charge in [-0.05, 0) is 61.7 Å². The topological polar surface area (TPSA) is 24.9 Å². The van der Waals surface area contributed by atoms with Gasteiger partial charge >= 0.3 is 0 Å². The van der Waals surface area contributed by atoms with Crippen molar-refractivity contribution in [3.63, 3.8) is 0 Å². The van der Waals surface area contributed by atoms with E-state index in [-0.39, 0.29) is 11.9 Å². The van der Waals surface area contributed by atoms with Gasteiger partial charge in [0.2, 0.25) is 0 Å². The Morgan fingerprint density at radius 1 is 1.15 bits per heavy atom. The SMILES string of the molecule is CCCNC(c1ccnc(C)c1)c1ccc(F)c(C)c1. The standard InChI is InChI=1S/C17H21FN2/c1-4-8-20-17(15-7-9-19-13(3)11-15)14-5-6-16(18)12(2)10-14/h5-7,9-11,17,20H,4,8H2,1-3H3. The van der Waals surface area contributed by atoms with Gasteiger partial charge in [-0.25, -0.2) is 4.39 Å². The molecule has 0 saturated heterocycles. The molecule has 1 atom stereocenters. The Kier molecular flexibility index (Phi) is 4.85. The molecule has 0 fully saturated rings. The average molecular weight is 272 g/mol. The van der Waals surface area contributed by atoms with Crippen LogP contribution < -0.4 is 5.32 Å². The van der Waals surface area contributed by atoms with E-state index in [2.05, 4.69) is 23.3 Å². The molecule has 0 bridgehead atoms. The highest BCUT2D eigenvalue weighted by atomic mass is 19.1. The van der Waals surface area contributed by atoms with Gasteiger partial charge in [0.15, 0.2) is 0 Å². The molecule has 20 heavy (non-hydrogen) atoms. The number of hydrogen-bond donors (Lipinski definition) is 1. The summed E-state index contributed by atoms with van der Waals surface area (Å²) in [6.07, 6.45) is 2.88. The summed E-state index contributed by atoms with van der Waals surface area (Å²) >= 11 is 0. The fraction of sp³-hybridized carbons (Fsp3) is 0.353. The van der Waals surface area contributed by atoms with Gasteiger partial charge in [-0.1, -0.05) is 19.1 Å². The average Bonchev–Trinajstić information content (AvgIpc) is 2.43. The van der Waals surface area contributed by atoms with E-state index >= 15 is 0 Å². The number of nitrogens with one attached hydrogen (secondary N) is 1. The Balaban J connectivity index is 2.38. The van der Waals surface area contributed by atoms with Gasteiger partial charge in [0.1, 0.15) is 5.82 Å². The first-order valence-electron chi connectivity index (χ1n) is 7.03. The third-order valence-electron chi connectivity index (χ3n) is 3.37. The smallest absolute Gasteiger partial charge is 0.126 e. The highest BCUT2D eigenvalue weighted by Crippen LogP contribution is 2.24. The van der Waals surface area contributed by atoms with Crippen molar-refractivity contribution in [3.8, 4) is 0 Å². The maximum atomic E-state index is 13.5. The van der Waals surface area contributed by atoms with Crippen LogP contribution in [0.15, 0.2) is 36.5 Å². The van der Waals surface area contributed by atoms with Crippen LogP contribution in [-0.2, 0) is 0 Å². The van der Waals surface area contributed by atoms with Crippen molar-refractivity contribution in [2.45, 2.75) is 33.2 Å². The summed E-state index contributed by atoms with van der Waals surface area (Å²) in [7, 11) is 0. The van der Waals surface area contributed by atoms with Crippen LogP contribution in [0.5, 0.6) is 0 Å². The van der Waals surface area contributed by atoms with Crippen molar-refractivity contribution in [2.75, 3.05) is 6.54 Å². The van der Waals surface area contributed by atoms with Gasteiger partial charge < -0.3 is 5.32 Å². The van der Waals surface area contributed by atoms with Gasteiger partial charge in [-0.3, -0.25) is 4.98 Å². The van der Waals surface area contributed by atoms with E-state index in [1.165, 1.54) is 0 Å². The van der Waals surface area contributed by atoms with E-state index < -0.39 is 0 Å². The fourth-order valence-electron chi connectivity index (χ4n) is 2.31. The Labute approximate surface area is 120 Å². The minimum Gasteiger partial charge on any atom is -0.306 e. The van der Waals surface area contributed by atoms with E-state index in [4.69, 9.17) is 0 Å². The molecule has 1 heterocycles. The van der Waals surface area contributed by atoms with Crippen molar-refractivity contribution >= 4 is 0 Å². The molecule has 1 aromatic heterocycles. The first kappa shape index (κ1) is 14.7. The molecular weight excluding hydrogens is 251 g/mol. The minimum atomic E-state index is -0.158. The second kappa shape index (κ2) is 6.62. The summed E-state index contributed by atoms with van der Waals surface area (Å²) < 4.78 is 13.5. The molecule has 0 aliphatic heterocycles. The van der Waals surface area contributed by atoms with Crippen LogP contribution in [0.3, 0.4) is 0 Å². The highest BCUT2D eigenvalue weighted by Gasteiger charge is 2.14. The maximum Gasteiger partial charge on any atom is 0.126 e. The van der Waals surface area contributed by atoms with Crippen LogP contribution >= 0.6 is 0 Å². The number of aromatic nitrogens is 1. The highest BCUT2D eigenvalue weighted by molar-refractivity contribution is 5.34. The summed E-state index contributed by atoms with van der Waals surface area (Å²) in [6, 6.07) is 9.48. The zero-order chi connectivity index (χ0) is 14.5. The third-order valence-corrected chi connectivity index (χ3v) is 3.37. The van der Waals surface area contributed by atoms with E-state index in [1.807, 2.05) is 31.3 Å². The molecule has 0 saturated carbocycles. The minimum absolute atomic E-state index is 0.0796. The van der Waals surface area contributed by atoms with E-state index in [9.17, 15) is 4.39 Å². The molecule has 1 aromatic carbocycles. The van der Waals surface area contributed by atoms with Crippen molar-refractivity contribution in [1.82, 2.24) is 10.3 Å². The molecule has 106 valence electrons. The van der Waals surface area contributed by atoms with Crippen LogP contribution in [0.25, 0.3) is 0 Å². The van der Waals surface area contributed by atoms with E-state index in [1.54, 1.807) is 13.0 Å². The van der Waals surface area contributed by atoms with Crippen LogP contribution in [-0.4, -0.2) is 11.5 Å². The summed E-state index contributed by atoms with van der Waals surface area (Å²) in [5.74, 6) is -0.158. The number of nitrogens with zero attached hydrogens (tertiary/aromatic N) is 1. The first-order chi connectivity index (χ1) is 9.61. The monoisotopic (exact) mass is 272 g/mol. The Bertz CT molecular complexity index is 581. The third kappa shape index (κ3) is 3.42. The van der Waals surface area contributed by atoms with Crippen LogP contribution in [0.4, 0.5) is 4.39 Å². The molecule has 1 unspecified atom stereocenters. The zero-order valence-electron chi connectivity index (χ0n) is 12.3. The summed E-state index contributed by atoms with van der Waals surface area (Å²) in [6.45, 7) is 6.84. The van der Waals surface area contributed by atoms with Gasteiger partial charge in [-0.15, -0.1) is 0 Å². The molecule has 2 nitrogen and oxygen atoms in total. The Hall–Kier alpha value is -1.74. The lowest BCUT2D eigenvalue weighted by Gasteiger charge is -2.20.